The summed E-state index contributed by atoms with van der Waals surface area (Å²) in [6.07, 6.45) is -0.926. The highest BCUT2D eigenvalue weighted by molar-refractivity contribution is 5.90. The Labute approximate surface area is 327 Å². The molecule has 14 heteroatoms. The van der Waals surface area contributed by atoms with Gasteiger partial charge in [-0.3, -0.25) is 19.4 Å². The number of nitrogens with one attached hydrogen (secondary N) is 3. The fraction of sp³-hybridized carbons (Fsp3) is 0.452. The van der Waals surface area contributed by atoms with E-state index in [4.69, 9.17) is 14.2 Å². The molecule has 0 radical (unpaired) electrons. The van der Waals surface area contributed by atoms with Gasteiger partial charge in [0.1, 0.15) is 18.8 Å². The van der Waals surface area contributed by atoms with Gasteiger partial charge in [-0.2, -0.15) is 0 Å². The van der Waals surface area contributed by atoms with Gasteiger partial charge in [-0.15, -0.1) is 0 Å². The van der Waals surface area contributed by atoms with Crippen molar-refractivity contribution in [2.45, 2.75) is 70.2 Å². The molecule has 4 aliphatic heterocycles. The monoisotopic (exact) mass is 768 g/mol. The quantitative estimate of drug-likeness (QED) is 0.219. The Balaban J connectivity index is 0.000000202. The summed E-state index contributed by atoms with van der Waals surface area (Å²) in [7, 11) is 0. The summed E-state index contributed by atoms with van der Waals surface area (Å²) >= 11 is 0. The van der Waals surface area contributed by atoms with E-state index in [1.807, 2.05) is 66.7 Å². The molecule has 298 valence electrons. The summed E-state index contributed by atoms with van der Waals surface area (Å²) in [5.41, 5.74) is 4.94. The lowest BCUT2D eigenvalue weighted by molar-refractivity contribution is -0.121. The zero-order chi connectivity index (χ0) is 39.9. The molecular weight excluding hydrogens is 716 g/mol. The average molecular weight is 769 g/mol. The molecule has 14 nitrogen and oxygen atoms in total. The molecule has 0 spiro atoms. The minimum Gasteiger partial charge on any atom is -0.445 e. The number of hydrogen-bond donors (Lipinski definition) is 3. The molecule has 3 aromatic rings. The number of nitrogens with zero attached hydrogens (tertiary/aromatic N) is 3. The summed E-state index contributed by atoms with van der Waals surface area (Å²) in [5.74, 6) is -0.105. The molecule has 3 aromatic carbocycles. The summed E-state index contributed by atoms with van der Waals surface area (Å²) in [4.78, 5) is 64.3. The minimum atomic E-state index is -0.416. The Bertz CT molecular complexity index is 1860. The van der Waals surface area contributed by atoms with Crippen LogP contribution in [0, 0.1) is 0 Å². The Morgan fingerprint density at radius 3 is 1.61 bits per heavy atom. The van der Waals surface area contributed by atoms with E-state index in [9.17, 15) is 24.0 Å². The predicted octanol–water partition coefficient (Wildman–Crippen LogP) is 4.85. The maximum absolute atomic E-state index is 12.3. The highest BCUT2D eigenvalue weighted by Gasteiger charge is 2.44. The first-order chi connectivity index (χ1) is 26.9. The van der Waals surface area contributed by atoms with Gasteiger partial charge in [0.05, 0.1) is 26.2 Å². The van der Waals surface area contributed by atoms with E-state index in [0.717, 1.165) is 35.6 Å². The lowest BCUT2D eigenvalue weighted by atomic mass is 9.76. The van der Waals surface area contributed by atoms with Gasteiger partial charge >= 0.3 is 18.3 Å². The molecular formula is C42H52N6O8. The smallest absolute Gasteiger partial charge is 0.414 e. The van der Waals surface area contributed by atoms with E-state index in [-0.39, 0.29) is 53.6 Å². The number of likely N-dealkylation sites (tertiary alicyclic amines) is 1. The number of benzene rings is 3. The minimum absolute atomic E-state index is 0.0359. The van der Waals surface area contributed by atoms with Gasteiger partial charge in [0.2, 0.25) is 11.8 Å². The molecule has 0 aliphatic carbocycles. The van der Waals surface area contributed by atoms with Crippen molar-refractivity contribution < 1.29 is 38.2 Å². The largest absolute Gasteiger partial charge is 0.445 e. The highest BCUT2D eigenvalue weighted by atomic mass is 16.6. The van der Waals surface area contributed by atoms with E-state index >= 15 is 0 Å². The zero-order valence-corrected chi connectivity index (χ0v) is 32.5. The number of carbonyl (C=O) groups is 5. The number of cyclic esters (lactones) is 2. The lowest BCUT2D eigenvalue weighted by Gasteiger charge is -2.47. The van der Waals surface area contributed by atoms with Crippen LogP contribution >= 0.6 is 0 Å². The average Bonchev–Trinajstić information content (AvgIpc) is 3.77. The standard InChI is InChI=1S/C25H29N3O5.C17H23N3O3/c1-3-22(29)26-13-21-14-28(24(31)33-21)20-11-9-19(10-12-20)25(2)16-27(17-25)23(30)32-15-18-7-5-4-6-8-18;1-3-15(21)19-8-14-9-20(16(22)23-14)13-6-4-12(5-7-13)17(2)10-18-11-17/h4-12,21H,3,13-17H2,1-2H3,(H,26,29);4-7,14,18H,3,8-11H2,1-2H3,(H,19,21)/t21-;14-/m00/s1. The third-order valence-electron chi connectivity index (χ3n) is 10.8. The van der Waals surface area contributed by atoms with Crippen LogP contribution in [-0.2, 0) is 41.2 Å². The number of anilines is 2. The van der Waals surface area contributed by atoms with Crippen LogP contribution in [0.25, 0.3) is 0 Å². The van der Waals surface area contributed by atoms with E-state index in [1.165, 1.54) is 5.56 Å². The summed E-state index contributed by atoms with van der Waals surface area (Å²) < 4.78 is 16.1. The van der Waals surface area contributed by atoms with Gasteiger partial charge in [-0.05, 0) is 41.0 Å². The summed E-state index contributed by atoms with van der Waals surface area (Å²) in [6.45, 7) is 12.8. The molecule has 4 heterocycles. The van der Waals surface area contributed by atoms with Gasteiger partial charge in [-0.1, -0.05) is 82.3 Å². The third kappa shape index (κ3) is 9.41. The Morgan fingerprint density at radius 1 is 0.714 bits per heavy atom. The van der Waals surface area contributed by atoms with Crippen molar-refractivity contribution in [1.29, 1.82) is 0 Å². The second-order valence-corrected chi connectivity index (χ2v) is 15.3. The number of rotatable bonds is 12. The van der Waals surface area contributed by atoms with Crippen molar-refractivity contribution in [2.75, 3.05) is 62.2 Å². The molecule has 3 N–H and O–H groups in total. The molecule has 7 rings (SSSR count). The molecule has 0 unspecified atom stereocenters. The zero-order valence-electron chi connectivity index (χ0n) is 32.5. The molecule has 4 fully saturated rings. The fourth-order valence-corrected chi connectivity index (χ4v) is 7.09. The summed E-state index contributed by atoms with van der Waals surface area (Å²) in [6, 6.07) is 25.5. The lowest BCUT2D eigenvalue weighted by Crippen LogP contribution is -2.59. The van der Waals surface area contributed by atoms with Gasteiger partial charge in [0, 0.05) is 61.2 Å². The van der Waals surface area contributed by atoms with Crippen LogP contribution in [0.4, 0.5) is 25.8 Å². The maximum atomic E-state index is 12.3. The van der Waals surface area contributed by atoms with Crippen molar-refractivity contribution in [2.24, 2.45) is 0 Å². The normalized spacial score (nSPS) is 20.4. The second kappa shape index (κ2) is 17.4. The van der Waals surface area contributed by atoms with E-state index < -0.39 is 6.09 Å². The molecule has 56 heavy (non-hydrogen) atoms. The summed E-state index contributed by atoms with van der Waals surface area (Å²) in [5, 5.41) is 8.81. The van der Waals surface area contributed by atoms with Crippen LogP contribution in [0.15, 0.2) is 78.9 Å². The molecule has 0 bridgehead atoms. The molecule has 2 atom stereocenters. The first-order valence-corrected chi connectivity index (χ1v) is 19.3. The number of hydrogen-bond acceptors (Lipinski definition) is 9. The Hall–Kier alpha value is -5.63. The molecule has 0 aromatic heterocycles. The predicted molar refractivity (Wildman–Crippen MR) is 210 cm³/mol. The van der Waals surface area contributed by atoms with Crippen molar-refractivity contribution >= 4 is 41.5 Å². The van der Waals surface area contributed by atoms with E-state index in [0.29, 0.717) is 52.1 Å². The van der Waals surface area contributed by atoms with Gasteiger partial charge in [0.15, 0.2) is 0 Å². The van der Waals surface area contributed by atoms with Crippen molar-refractivity contribution in [1.82, 2.24) is 20.9 Å². The third-order valence-corrected chi connectivity index (χ3v) is 10.8. The molecule has 0 saturated carbocycles. The van der Waals surface area contributed by atoms with Crippen molar-refractivity contribution in [3.05, 3.63) is 95.6 Å². The Morgan fingerprint density at radius 2 is 1.18 bits per heavy atom. The van der Waals surface area contributed by atoms with Crippen LogP contribution in [0.5, 0.6) is 0 Å². The van der Waals surface area contributed by atoms with E-state index in [2.05, 4.69) is 41.9 Å². The van der Waals surface area contributed by atoms with Crippen LogP contribution in [-0.4, -0.2) is 99.6 Å². The van der Waals surface area contributed by atoms with Gasteiger partial charge in [-0.25, -0.2) is 14.4 Å². The molecule has 4 aliphatic rings. The number of ether oxygens (including phenoxy) is 3. The van der Waals surface area contributed by atoms with Crippen LogP contribution < -0.4 is 25.8 Å². The van der Waals surface area contributed by atoms with Gasteiger partial charge < -0.3 is 35.1 Å². The topological polar surface area (TPSA) is 159 Å². The first kappa shape index (κ1) is 40.0. The fourth-order valence-electron chi connectivity index (χ4n) is 7.09. The number of carbonyl (C=O) groups excluding carboxylic acids is 5. The molecule has 5 amide bonds. The Kier molecular flexibility index (Phi) is 12.5. The van der Waals surface area contributed by atoms with Gasteiger partial charge in [0.25, 0.3) is 0 Å². The maximum Gasteiger partial charge on any atom is 0.414 e. The number of amides is 5. The van der Waals surface area contributed by atoms with Crippen LogP contribution in [0.1, 0.15) is 57.2 Å². The van der Waals surface area contributed by atoms with Crippen molar-refractivity contribution in [3.63, 3.8) is 0 Å². The molecule has 4 saturated heterocycles. The second-order valence-electron chi connectivity index (χ2n) is 15.3. The van der Waals surface area contributed by atoms with Crippen LogP contribution in [0.2, 0.25) is 0 Å². The SMILES string of the molecule is CCC(=O)NC[C@H]1CN(c2ccc(C3(C)CN(C(=O)OCc4ccccc4)C3)cc2)C(=O)O1.CCC(=O)NC[C@H]1CN(c2ccc(C3(C)CNC3)cc2)C(=O)O1. The van der Waals surface area contributed by atoms with E-state index in [1.54, 1.807) is 28.5 Å². The van der Waals surface area contributed by atoms with Crippen LogP contribution in [0.3, 0.4) is 0 Å². The van der Waals surface area contributed by atoms with Crippen molar-refractivity contribution in [3.8, 4) is 0 Å². The first-order valence-electron chi connectivity index (χ1n) is 19.3. The highest BCUT2D eigenvalue weighted by Crippen LogP contribution is 2.36.